The minimum absolute atomic E-state index is 0.0513. The molecule has 1 aliphatic carbocycles. The van der Waals surface area contributed by atoms with Crippen molar-refractivity contribution < 1.29 is 13.2 Å². The first-order valence-corrected chi connectivity index (χ1v) is 12.1. The van der Waals surface area contributed by atoms with Crippen molar-refractivity contribution in [3.8, 4) is 0 Å². The maximum Gasteiger partial charge on any atom is 0.270 e. The monoisotopic (exact) mass is 482 g/mol. The Morgan fingerprint density at radius 3 is 2.73 bits per heavy atom. The zero-order valence-electron chi connectivity index (χ0n) is 15.4. The van der Waals surface area contributed by atoms with E-state index in [1.165, 1.54) is 18.2 Å². The molecule has 4 rings (SSSR count). The van der Waals surface area contributed by atoms with Crippen LogP contribution in [-0.4, -0.2) is 24.5 Å². The maximum absolute atomic E-state index is 12.8. The molecule has 30 heavy (non-hydrogen) atoms. The highest BCUT2D eigenvalue weighted by Crippen LogP contribution is 2.31. The summed E-state index contributed by atoms with van der Waals surface area (Å²) >= 11 is 12.6. The summed E-state index contributed by atoms with van der Waals surface area (Å²) in [5.41, 5.74) is 2.31. The highest BCUT2D eigenvalue weighted by atomic mass is 35.5. The van der Waals surface area contributed by atoms with Crippen LogP contribution in [0.3, 0.4) is 0 Å². The highest BCUT2D eigenvalue weighted by Gasteiger charge is 2.28. The number of anilines is 1. The van der Waals surface area contributed by atoms with Crippen LogP contribution in [0.2, 0.25) is 10.0 Å². The quantitative estimate of drug-likeness (QED) is 0.522. The molecule has 1 heterocycles. The molecule has 2 aromatic carbocycles. The molecule has 1 amide bonds. The number of aryl methyl sites for hydroxylation is 1. The van der Waals surface area contributed by atoms with Gasteiger partial charge in [-0.1, -0.05) is 58.8 Å². The van der Waals surface area contributed by atoms with Crippen molar-refractivity contribution in [2.75, 3.05) is 5.32 Å². The second kappa shape index (κ2) is 8.60. The van der Waals surface area contributed by atoms with Crippen LogP contribution in [0.15, 0.2) is 46.8 Å². The third-order valence-electron chi connectivity index (χ3n) is 4.70. The predicted octanol–water partition coefficient (Wildman–Crippen LogP) is 4.45. The smallest absolute Gasteiger partial charge is 0.270 e. The zero-order chi connectivity index (χ0) is 21.3. The molecular formula is C19H16Cl2N4O3S2. The molecule has 0 spiro atoms. The Labute approximate surface area is 187 Å². The van der Waals surface area contributed by atoms with Crippen molar-refractivity contribution in [1.82, 2.24) is 14.9 Å². The molecule has 0 fully saturated rings. The number of halogens is 2. The second-order valence-corrected chi connectivity index (χ2v) is 10.4. The first-order valence-electron chi connectivity index (χ1n) is 9.03. The molecule has 0 saturated carbocycles. The number of sulfonamides is 1. The summed E-state index contributed by atoms with van der Waals surface area (Å²) in [6.07, 6.45) is 2.52. The Bertz CT molecular complexity index is 1210. The van der Waals surface area contributed by atoms with E-state index in [-0.39, 0.29) is 26.1 Å². The number of benzene rings is 2. The van der Waals surface area contributed by atoms with E-state index >= 15 is 0 Å². The first-order chi connectivity index (χ1) is 14.3. The van der Waals surface area contributed by atoms with Gasteiger partial charge in [-0.3, -0.25) is 10.1 Å². The third kappa shape index (κ3) is 4.50. The van der Waals surface area contributed by atoms with Gasteiger partial charge in [-0.05, 0) is 48.6 Å². The fourth-order valence-corrected chi connectivity index (χ4v) is 5.98. The molecule has 7 nitrogen and oxygen atoms in total. The standard InChI is InChI=1S/C19H16Cl2N4O3S2/c20-12-8-9-14(15(21)10-12)17(26)22-18-23-24-19(29-18)30(27,28)25-16-7-3-5-11-4-1-2-6-13(11)16/h1-2,4,6,8-10,16,25H,3,5,7H2,(H,22,23,26)/t16-/m0/s1. The number of carbonyl (C=O) groups excluding carboxylic acids is 1. The summed E-state index contributed by atoms with van der Waals surface area (Å²) < 4.78 is 28.1. The molecule has 1 aliphatic rings. The first kappa shape index (κ1) is 21.2. The molecule has 0 radical (unpaired) electrons. The number of hydrogen-bond acceptors (Lipinski definition) is 6. The van der Waals surface area contributed by atoms with Crippen LogP contribution >= 0.6 is 34.5 Å². The summed E-state index contributed by atoms with van der Waals surface area (Å²) in [7, 11) is -3.90. The van der Waals surface area contributed by atoms with Gasteiger partial charge < -0.3 is 0 Å². The van der Waals surface area contributed by atoms with Gasteiger partial charge in [-0.15, -0.1) is 10.2 Å². The van der Waals surface area contributed by atoms with E-state index in [4.69, 9.17) is 23.2 Å². The lowest BCUT2D eigenvalue weighted by molar-refractivity contribution is 0.102. The lowest BCUT2D eigenvalue weighted by atomic mass is 9.88. The van der Waals surface area contributed by atoms with Gasteiger partial charge in [0, 0.05) is 11.1 Å². The molecule has 2 N–H and O–H groups in total. The number of fused-ring (bicyclic) bond motifs is 1. The largest absolute Gasteiger partial charge is 0.296 e. The molecule has 0 aliphatic heterocycles. The molecule has 1 aromatic heterocycles. The molecule has 0 saturated heterocycles. The van der Waals surface area contributed by atoms with Crippen LogP contribution in [0.5, 0.6) is 0 Å². The molecule has 0 unspecified atom stereocenters. The van der Waals surface area contributed by atoms with Crippen molar-refractivity contribution in [2.24, 2.45) is 0 Å². The van der Waals surface area contributed by atoms with Gasteiger partial charge in [0.25, 0.3) is 15.9 Å². The summed E-state index contributed by atoms with van der Waals surface area (Å²) in [5, 5.41) is 10.7. The van der Waals surface area contributed by atoms with Gasteiger partial charge in [0.15, 0.2) is 0 Å². The van der Waals surface area contributed by atoms with Crippen LogP contribution in [-0.2, 0) is 16.4 Å². The number of amides is 1. The van der Waals surface area contributed by atoms with E-state index in [1.807, 2.05) is 24.3 Å². The average molecular weight is 483 g/mol. The van der Waals surface area contributed by atoms with Crippen molar-refractivity contribution in [3.63, 3.8) is 0 Å². The second-order valence-electron chi connectivity index (χ2n) is 6.72. The third-order valence-corrected chi connectivity index (χ3v) is 7.93. The SMILES string of the molecule is O=C(Nc1nnc(S(=O)(=O)N[C@H]2CCCc3ccccc32)s1)c1ccc(Cl)cc1Cl. The van der Waals surface area contributed by atoms with Crippen LogP contribution in [0.25, 0.3) is 0 Å². The van der Waals surface area contributed by atoms with E-state index in [2.05, 4.69) is 20.2 Å². The number of aromatic nitrogens is 2. The van der Waals surface area contributed by atoms with Gasteiger partial charge in [-0.25, -0.2) is 13.1 Å². The molecule has 3 aromatic rings. The van der Waals surface area contributed by atoms with Crippen molar-refractivity contribution in [3.05, 3.63) is 69.2 Å². The Morgan fingerprint density at radius 2 is 1.93 bits per heavy atom. The van der Waals surface area contributed by atoms with Gasteiger partial charge in [0.2, 0.25) is 9.47 Å². The Kier molecular flexibility index (Phi) is 6.08. The summed E-state index contributed by atoms with van der Waals surface area (Å²) in [5.74, 6) is -0.536. The van der Waals surface area contributed by atoms with Gasteiger partial charge in [-0.2, -0.15) is 0 Å². The lowest BCUT2D eigenvalue weighted by Crippen LogP contribution is -2.31. The number of nitrogens with zero attached hydrogens (tertiary/aromatic N) is 2. The van der Waals surface area contributed by atoms with Crippen molar-refractivity contribution >= 4 is 55.6 Å². The fraction of sp³-hybridized carbons (Fsp3) is 0.211. The minimum Gasteiger partial charge on any atom is -0.296 e. The van der Waals surface area contributed by atoms with Crippen molar-refractivity contribution in [2.45, 2.75) is 29.6 Å². The van der Waals surface area contributed by atoms with Crippen LogP contribution < -0.4 is 10.0 Å². The van der Waals surface area contributed by atoms with Gasteiger partial charge in [0.05, 0.1) is 10.6 Å². The topological polar surface area (TPSA) is 101 Å². The van der Waals surface area contributed by atoms with Crippen molar-refractivity contribution in [1.29, 1.82) is 0 Å². The Hall–Kier alpha value is -2.04. The van der Waals surface area contributed by atoms with Crippen LogP contribution in [0, 0.1) is 0 Å². The summed E-state index contributed by atoms with van der Waals surface area (Å²) in [4.78, 5) is 12.4. The van der Waals surface area contributed by atoms with Gasteiger partial charge in [0.1, 0.15) is 0 Å². The van der Waals surface area contributed by atoms with E-state index in [0.717, 1.165) is 35.3 Å². The van der Waals surface area contributed by atoms with E-state index < -0.39 is 15.9 Å². The zero-order valence-corrected chi connectivity index (χ0v) is 18.6. The molecular weight excluding hydrogens is 467 g/mol. The number of hydrogen-bond donors (Lipinski definition) is 2. The van der Waals surface area contributed by atoms with E-state index in [1.54, 1.807) is 0 Å². The lowest BCUT2D eigenvalue weighted by Gasteiger charge is -2.25. The molecule has 11 heteroatoms. The summed E-state index contributed by atoms with van der Waals surface area (Å²) in [6, 6.07) is 11.9. The minimum atomic E-state index is -3.90. The van der Waals surface area contributed by atoms with E-state index in [0.29, 0.717) is 11.4 Å². The normalized spacial score (nSPS) is 16.1. The number of nitrogens with one attached hydrogen (secondary N) is 2. The van der Waals surface area contributed by atoms with Crippen LogP contribution in [0.1, 0.15) is 40.4 Å². The number of rotatable bonds is 5. The Balaban J connectivity index is 1.50. The number of carbonyl (C=O) groups is 1. The van der Waals surface area contributed by atoms with E-state index in [9.17, 15) is 13.2 Å². The summed E-state index contributed by atoms with van der Waals surface area (Å²) in [6.45, 7) is 0. The maximum atomic E-state index is 12.8. The predicted molar refractivity (Wildman–Crippen MR) is 117 cm³/mol. The molecule has 1 atom stereocenters. The fourth-order valence-electron chi connectivity index (χ4n) is 3.32. The average Bonchev–Trinajstić information content (AvgIpc) is 3.17. The Morgan fingerprint density at radius 1 is 1.13 bits per heavy atom. The molecule has 0 bridgehead atoms. The molecule has 156 valence electrons. The van der Waals surface area contributed by atoms with Gasteiger partial charge >= 0.3 is 0 Å². The highest BCUT2D eigenvalue weighted by molar-refractivity contribution is 7.91. The van der Waals surface area contributed by atoms with Crippen LogP contribution in [0.4, 0.5) is 5.13 Å².